The monoisotopic (exact) mass is 454 g/mol. The van der Waals surface area contributed by atoms with Gasteiger partial charge in [-0.1, -0.05) is 0 Å². The molecule has 0 heterocycles. The standard InChI is InChI=1S/C16H14F3IO4/c1-2-24-12-7-8(6-11(20)14(12)22)5-9-3-4-10(13(9)21)15(23)16(17,18)19/h5-7,21-22H,2-4H2,1H3/b9-5+. The first-order chi connectivity index (χ1) is 11.1. The lowest BCUT2D eigenvalue weighted by molar-refractivity contribution is -0.166. The van der Waals surface area contributed by atoms with Gasteiger partial charge in [0.05, 0.1) is 10.2 Å². The number of rotatable bonds is 4. The molecular formula is C16H14F3IO4. The zero-order valence-corrected chi connectivity index (χ0v) is 14.7. The third-order valence-electron chi connectivity index (χ3n) is 3.46. The van der Waals surface area contributed by atoms with Crippen LogP contribution in [0.3, 0.4) is 0 Å². The molecule has 0 fully saturated rings. The number of phenols is 1. The van der Waals surface area contributed by atoms with Gasteiger partial charge in [0.1, 0.15) is 5.76 Å². The predicted molar refractivity (Wildman–Crippen MR) is 89.9 cm³/mol. The van der Waals surface area contributed by atoms with Gasteiger partial charge in [0, 0.05) is 5.57 Å². The van der Waals surface area contributed by atoms with E-state index in [1.54, 1.807) is 13.0 Å². The van der Waals surface area contributed by atoms with Crippen molar-refractivity contribution in [1.29, 1.82) is 0 Å². The fourth-order valence-electron chi connectivity index (χ4n) is 2.37. The van der Waals surface area contributed by atoms with Crippen LogP contribution >= 0.6 is 22.6 Å². The van der Waals surface area contributed by atoms with Crippen LogP contribution in [0.15, 0.2) is 29.0 Å². The average molecular weight is 454 g/mol. The van der Waals surface area contributed by atoms with E-state index in [4.69, 9.17) is 4.74 Å². The summed E-state index contributed by atoms with van der Waals surface area (Å²) in [6.45, 7) is 2.08. The maximum Gasteiger partial charge on any atom is 0.454 e. The Morgan fingerprint density at radius 3 is 2.58 bits per heavy atom. The Hall–Kier alpha value is -1.71. The van der Waals surface area contributed by atoms with Gasteiger partial charge in [-0.3, -0.25) is 4.79 Å². The first-order valence-electron chi connectivity index (χ1n) is 7.05. The molecule has 8 heteroatoms. The highest BCUT2D eigenvalue weighted by Gasteiger charge is 2.43. The van der Waals surface area contributed by atoms with Crippen molar-refractivity contribution < 1.29 is 32.9 Å². The molecule has 1 aliphatic carbocycles. The van der Waals surface area contributed by atoms with Crippen molar-refractivity contribution >= 4 is 34.5 Å². The van der Waals surface area contributed by atoms with E-state index >= 15 is 0 Å². The molecule has 2 rings (SSSR count). The number of aromatic hydroxyl groups is 1. The van der Waals surface area contributed by atoms with E-state index in [0.717, 1.165) is 0 Å². The van der Waals surface area contributed by atoms with Gasteiger partial charge in [0.25, 0.3) is 5.78 Å². The minimum atomic E-state index is -5.01. The Kier molecular flexibility index (Phi) is 5.46. The third kappa shape index (κ3) is 3.85. The van der Waals surface area contributed by atoms with Crippen molar-refractivity contribution in [3.63, 3.8) is 0 Å². The molecule has 4 nitrogen and oxygen atoms in total. The Bertz CT molecular complexity index is 736. The number of aliphatic hydroxyl groups excluding tert-OH is 1. The van der Waals surface area contributed by atoms with Gasteiger partial charge in [-0.25, -0.2) is 0 Å². The molecule has 1 aliphatic rings. The molecule has 0 bridgehead atoms. The minimum Gasteiger partial charge on any atom is -0.507 e. The summed E-state index contributed by atoms with van der Waals surface area (Å²) in [5.41, 5.74) is 0.168. The molecule has 1 aromatic rings. The Morgan fingerprint density at radius 2 is 2.00 bits per heavy atom. The molecule has 0 atom stereocenters. The highest BCUT2D eigenvalue weighted by molar-refractivity contribution is 14.1. The molecule has 0 unspecified atom stereocenters. The van der Waals surface area contributed by atoms with E-state index in [0.29, 0.717) is 15.7 Å². The number of aliphatic hydroxyl groups is 1. The number of benzene rings is 1. The number of ether oxygens (including phenoxy) is 1. The quantitative estimate of drug-likeness (QED) is 0.658. The topological polar surface area (TPSA) is 66.8 Å². The molecule has 24 heavy (non-hydrogen) atoms. The molecule has 0 amide bonds. The van der Waals surface area contributed by atoms with E-state index in [2.05, 4.69) is 0 Å². The molecular weight excluding hydrogens is 440 g/mol. The van der Waals surface area contributed by atoms with Gasteiger partial charge in [-0.2, -0.15) is 13.2 Å². The molecule has 130 valence electrons. The SMILES string of the molecule is CCOc1cc(/C=C2\CCC(C(=O)C(F)(F)F)=C2O)cc(I)c1O. The lowest BCUT2D eigenvalue weighted by Gasteiger charge is -2.09. The molecule has 1 aromatic carbocycles. The zero-order valence-electron chi connectivity index (χ0n) is 12.6. The van der Waals surface area contributed by atoms with Gasteiger partial charge >= 0.3 is 6.18 Å². The van der Waals surface area contributed by atoms with Crippen molar-refractivity contribution in [2.24, 2.45) is 0 Å². The summed E-state index contributed by atoms with van der Waals surface area (Å²) in [7, 11) is 0. The number of halogens is 4. The molecule has 0 saturated heterocycles. The number of allylic oxidation sites excluding steroid dienone is 2. The maximum absolute atomic E-state index is 12.5. The van der Waals surface area contributed by atoms with Crippen LogP contribution in [0.1, 0.15) is 25.3 Å². The average Bonchev–Trinajstić information content (AvgIpc) is 2.84. The smallest absolute Gasteiger partial charge is 0.454 e. The largest absolute Gasteiger partial charge is 0.507 e. The number of hydrogen-bond acceptors (Lipinski definition) is 4. The van der Waals surface area contributed by atoms with Crippen LogP contribution in [-0.4, -0.2) is 28.8 Å². The fourth-order valence-corrected chi connectivity index (χ4v) is 2.99. The third-order valence-corrected chi connectivity index (χ3v) is 4.28. The summed E-state index contributed by atoms with van der Waals surface area (Å²) < 4.78 is 43.3. The van der Waals surface area contributed by atoms with Crippen LogP contribution in [0.2, 0.25) is 0 Å². The number of Topliss-reactive ketones (excluding diaryl/α,β-unsaturated/α-hetero) is 1. The van der Waals surface area contributed by atoms with Crippen molar-refractivity contribution in [1.82, 2.24) is 0 Å². The Balaban J connectivity index is 2.39. The summed E-state index contributed by atoms with van der Waals surface area (Å²) in [5, 5.41) is 19.8. The number of ketones is 1. The lowest BCUT2D eigenvalue weighted by Crippen LogP contribution is -2.24. The highest BCUT2D eigenvalue weighted by Crippen LogP contribution is 2.37. The Labute approximate surface area is 149 Å². The lowest BCUT2D eigenvalue weighted by atomic mass is 10.1. The van der Waals surface area contributed by atoms with Crippen LogP contribution in [0, 0.1) is 3.57 Å². The van der Waals surface area contributed by atoms with Crippen LogP contribution in [-0.2, 0) is 4.79 Å². The van der Waals surface area contributed by atoms with E-state index in [9.17, 15) is 28.2 Å². The highest BCUT2D eigenvalue weighted by atomic mass is 127. The van der Waals surface area contributed by atoms with Crippen LogP contribution in [0.25, 0.3) is 6.08 Å². The second kappa shape index (κ2) is 7.04. The predicted octanol–water partition coefficient (Wildman–Crippen LogP) is 4.52. The van der Waals surface area contributed by atoms with E-state index in [1.807, 2.05) is 22.6 Å². The summed E-state index contributed by atoms with van der Waals surface area (Å²) >= 11 is 1.90. The normalized spacial score (nSPS) is 16.8. The summed E-state index contributed by atoms with van der Waals surface area (Å²) in [4.78, 5) is 11.3. The van der Waals surface area contributed by atoms with E-state index in [1.165, 1.54) is 12.1 Å². The van der Waals surface area contributed by atoms with E-state index in [-0.39, 0.29) is 29.9 Å². The minimum absolute atomic E-state index is 0.0290. The fraction of sp³-hybridized carbons (Fsp3) is 0.312. The van der Waals surface area contributed by atoms with Crippen molar-refractivity contribution in [3.05, 3.63) is 38.2 Å². The van der Waals surface area contributed by atoms with Gasteiger partial charge < -0.3 is 14.9 Å². The number of hydrogen-bond donors (Lipinski definition) is 2. The van der Waals surface area contributed by atoms with Crippen molar-refractivity contribution in [2.75, 3.05) is 6.61 Å². The van der Waals surface area contributed by atoms with Gasteiger partial charge in [0.15, 0.2) is 11.5 Å². The Morgan fingerprint density at radius 1 is 1.33 bits per heavy atom. The van der Waals surface area contributed by atoms with Crippen molar-refractivity contribution in [3.8, 4) is 11.5 Å². The summed E-state index contributed by atoms with van der Waals surface area (Å²) in [6.07, 6.45) is -3.56. The second-order valence-electron chi connectivity index (χ2n) is 5.11. The first-order valence-corrected chi connectivity index (χ1v) is 8.13. The molecule has 2 N–H and O–H groups in total. The summed E-state index contributed by atoms with van der Waals surface area (Å²) in [6, 6.07) is 3.12. The molecule has 0 aromatic heterocycles. The number of alkyl halides is 3. The van der Waals surface area contributed by atoms with Crippen molar-refractivity contribution in [2.45, 2.75) is 25.9 Å². The molecule has 0 aliphatic heterocycles. The maximum atomic E-state index is 12.5. The van der Waals surface area contributed by atoms with Crippen LogP contribution < -0.4 is 4.74 Å². The van der Waals surface area contributed by atoms with Gasteiger partial charge in [0.2, 0.25) is 0 Å². The second-order valence-corrected chi connectivity index (χ2v) is 6.27. The first kappa shape index (κ1) is 18.6. The summed E-state index contributed by atoms with van der Waals surface area (Å²) in [5.74, 6) is -2.43. The van der Waals surface area contributed by atoms with Gasteiger partial charge in [-0.05, 0) is 71.7 Å². The molecule has 0 spiro atoms. The zero-order chi connectivity index (χ0) is 18.1. The molecule has 0 saturated carbocycles. The van der Waals surface area contributed by atoms with Crippen LogP contribution in [0.4, 0.5) is 13.2 Å². The van der Waals surface area contributed by atoms with Crippen LogP contribution in [0.5, 0.6) is 11.5 Å². The number of phenolic OH excluding ortho intramolecular Hbond substituents is 1. The number of carbonyl (C=O) groups excluding carboxylic acids is 1. The van der Waals surface area contributed by atoms with Gasteiger partial charge in [-0.15, -0.1) is 0 Å². The number of carbonyl (C=O) groups is 1. The van der Waals surface area contributed by atoms with E-state index < -0.39 is 23.3 Å². The molecule has 0 radical (unpaired) electrons.